The second kappa shape index (κ2) is 9.43. The number of benzene rings is 3. The summed E-state index contributed by atoms with van der Waals surface area (Å²) in [5, 5.41) is 4.60. The number of ether oxygens (including phenoxy) is 1. The number of anilines is 2. The van der Waals surface area contributed by atoms with E-state index in [1.807, 2.05) is 55.5 Å². The molecule has 2 heterocycles. The van der Waals surface area contributed by atoms with E-state index in [0.29, 0.717) is 13.2 Å². The number of rotatable bonds is 7. The van der Waals surface area contributed by atoms with Crippen LogP contribution >= 0.6 is 0 Å². The van der Waals surface area contributed by atoms with Gasteiger partial charge in [0.25, 0.3) is 0 Å². The van der Waals surface area contributed by atoms with Crippen molar-refractivity contribution < 1.29 is 9.53 Å². The number of hydrogen-bond acceptors (Lipinski definition) is 5. The Kier molecular flexibility index (Phi) is 6.05. The molecule has 0 saturated carbocycles. The number of carbonyl (C=O) groups is 1. The number of para-hydroxylation sites is 1. The van der Waals surface area contributed by atoms with Crippen LogP contribution in [0, 0.1) is 6.92 Å². The monoisotopic (exact) mass is 437 g/mol. The van der Waals surface area contributed by atoms with E-state index in [1.54, 1.807) is 0 Å². The van der Waals surface area contributed by atoms with Crippen LogP contribution < -0.4 is 10.1 Å². The third-order valence-corrected chi connectivity index (χ3v) is 6.15. The molecule has 1 unspecified atom stereocenters. The van der Waals surface area contributed by atoms with Crippen LogP contribution in [0.1, 0.15) is 16.8 Å². The Hall–Kier alpha value is -3.70. The molecule has 5 heteroatoms. The van der Waals surface area contributed by atoms with E-state index in [9.17, 15) is 4.79 Å². The van der Waals surface area contributed by atoms with Crippen molar-refractivity contribution in [2.75, 3.05) is 18.5 Å². The van der Waals surface area contributed by atoms with Gasteiger partial charge in [-0.15, -0.1) is 0 Å². The summed E-state index contributed by atoms with van der Waals surface area (Å²) < 4.78 is 6.07. The predicted octanol–water partition coefficient (Wildman–Crippen LogP) is 5.29. The maximum atomic E-state index is 11.7. The molecule has 1 atom stereocenters. The Bertz CT molecular complexity index is 1290. The van der Waals surface area contributed by atoms with Crippen molar-refractivity contribution in [3.05, 3.63) is 95.7 Å². The third-order valence-electron chi connectivity index (χ3n) is 6.15. The van der Waals surface area contributed by atoms with Crippen LogP contribution in [0.5, 0.6) is 5.75 Å². The molecule has 0 spiro atoms. The molecule has 0 fully saturated rings. The van der Waals surface area contributed by atoms with E-state index >= 15 is 0 Å². The van der Waals surface area contributed by atoms with Crippen LogP contribution in [0.15, 0.2) is 78.9 Å². The number of aryl methyl sites for hydroxylation is 1. The third kappa shape index (κ3) is 4.73. The number of aldehydes is 1. The number of hydrogen-bond donors (Lipinski definition) is 1. The minimum atomic E-state index is -0.0975. The second-order valence-electron chi connectivity index (χ2n) is 8.48. The zero-order chi connectivity index (χ0) is 22.6. The van der Waals surface area contributed by atoms with Crippen molar-refractivity contribution in [3.63, 3.8) is 0 Å². The first-order valence-corrected chi connectivity index (χ1v) is 11.3. The van der Waals surface area contributed by atoms with Gasteiger partial charge in [0.2, 0.25) is 0 Å². The van der Waals surface area contributed by atoms with Gasteiger partial charge in [-0.05, 0) is 48.7 Å². The molecule has 1 N–H and O–H groups in total. The van der Waals surface area contributed by atoms with E-state index < -0.39 is 0 Å². The van der Waals surface area contributed by atoms with Crippen LogP contribution in [-0.2, 0) is 17.8 Å². The lowest BCUT2D eigenvalue weighted by Gasteiger charge is -2.33. The molecule has 5 rings (SSSR count). The van der Waals surface area contributed by atoms with Gasteiger partial charge in [0, 0.05) is 41.6 Å². The van der Waals surface area contributed by atoms with Crippen molar-refractivity contribution in [2.24, 2.45) is 0 Å². The molecule has 4 aromatic rings. The summed E-state index contributed by atoms with van der Waals surface area (Å²) in [6, 6.07) is 26.4. The highest BCUT2D eigenvalue weighted by molar-refractivity contribution is 5.93. The number of nitrogens with one attached hydrogen (secondary N) is 1. The van der Waals surface area contributed by atoms with Gasteiger partial charge in [-0.3, -0.25) is 9.88 Å². The van der Waals surface area contributed by atoms with E-state index in [0.717, 1.165) is 53.0 Å². The number of carbonyl (C=O) groups excluding carboxylic acids is 1. The average Bonchev–Trinajstić information content (AvgIpc) is 2.84. The molecule has 1 aromatic heterocycles. The van der Waals surface area contributed by atoms with Crippen LogP contribution in [0.25, 0.3) is 10.9 Å². The van der Waals surface area contributed by atoms with Gasteiger partial charge in [0.05, 0.1) is 11.6 Å². The molecule has 3 aromatic carbocycles. The standard InChI is InChI=1S/C28H27N3O2/c1-20-15-28(26-11-4-5-12-27(26)29-20)30-23-9-6-10-25(17-23)33-14-13-31-18-22-8-3-2-7-21(22)16-24(31)19-32/h2-12,15,17,19,24H,13-14,16,18H2,1H3,(H,29,30). The smallest absolute Gasteiger partial charge is 0.137 e. The van der Waals surface area contributed by atoms with Crippen LogP contribution in [0.2, 0.25) is 0 Å². The highest BCUT2D eigenvalue weighted by atomic mass is 16.5. The zero-order valence-electron chi connectivity index (χ0n) is 18.7. The minimum absolute atomic E-state index is 0.0975. The maximum Gasteiger partial charge on any atom is 0.137 e. The number of pyridine rings is 1. The minimum Gasteiger partial charge on any atom is -0.492 e. The first-order valence-electron chi connectivity index (χ1n) is 11.3. The van der Waals surface area contributed by atoms with E-state index in [2.05, 4.69) is 45.5 Å². The summed E-state index contributed by atoms with van der Waals surface area (Å²) >= 11 is 0. The summed E-state index contributed by atoms with van der Waals surface area (Å²) in [5.41, 5.74) is 6.49. The number of nitrogens with zero attached hydrogens (tertiary/aromatic N) is 2. The van der Waals surface area contributed by atoms with Gasteiger partial charge in [-0.25, -0.2) is 0 Å². The van der Waals surface area contributed by atoms with Crippen LogP contribution in [0.3, 0.4) is 0 Å². The van der Waals surface area contributed by atoms with E-state index in [4.69, 9.17) is 4.74 Å². The largest absolute Gasteiger partial charge is 0.492 e. The lowest BCUT2D eigenvalue weighted by Crippen LogP contribution is -2.43. The molecule has 0 saturated heterocycles. The Morgan fingerprint density at radius 3 is 2.73 bits per heavy atom. The van der Waals surface area contributed by atoms with Crippen LogP contribution in [0.4, 0.5) is 11.4 Å². The quantitative estimate of drug-likeness (QED) is 0.398. The van der Waals surface area contributed by atoms with Crippen molar-refractivity contribution in [3.8, 4) is 5.75 Å². The van der Waals surface area contributed by atoms with E-state index in [1.165, 1.54) is 11.1 Å². The Balaban J connectivity index is 1.25. The second-order valence-corrected chi connectivity index (χ2v) is 8.48. The van der Waals surface area contributed by atoms with Crippen molar-refractivity contribution in [2.45, 2.75) is 25.9 Å². The van der Waals surface area contributed by atoms with Crippen LogP contribution in [-0.4, -0.2) is 35.4 Å². The predicted molar refractivity (Wildman–Crippen MR) is 132 cm³/mol. The van der Waals surface area contributed by atoms with Crippen molar-refractivity contribution in [1.29, 1.82) is 0 Å². The Morgan fingerprint density at radius 2 is 1.85 bits per heavy atom. The fraction of sp³-hybridized carbons (Fsp3) is 0.214. The normalized spacial score (nSPS) is 15.7. The summed E-state index contributed by atoms with van der Waals surface area (Å²) in [4.78, 5) is 18.5. The lowest BCUT2D eigenvalue weighted by molar-refractivity contribution is -0.113. The van der Waals surface area contributed by atoms with Crippen molar-refractivity contribution >= 4 is 28.6 Å². The SMILES string of the molecule is Cc1cc(Nc2cccc(OCCN3Cc4ccccc4CC3C=O)c2)c2ccccc2n1. The average molecular weight is 438 g/mol. The van der Waals surface area contributed by atoms with E-state index in [-0.39, 0.29) is 6.04 Å². The molecule has 0 amide bonds. The topological polar surface area (TPSA) is 54.5 Å². The Labute approximate surface area is 194 Å². The molecule has 1 aliphatic heterocycles. The van der Waals surface area contributed by atoms with Gasteiger partial charge in [-0.2, -0.15) is 0 Å². The lowest BCUT2D eigenvalue weighted by atomic mass is 9.95. The van der Waals surface area contributed by atoms with Gasteiger partial charge >= 0.3 is 0 Å². The summed E-state index contributed by atoms with van der Waals surface area (Å²) in [5.74, 6) is 0.801. The fourth-order valence-corrected chi connectivity index (χ4v) is 4.49. The number of fused-ring (bicyclic) bond motifs is 2. The number of aromatic nitrogens is 1. The molecular weight excluding hydrogens is 410 g/mol. The van der Waals surface area contributed by atoms with Crippen molar-refractivity contribution in [1.82, 2.24) is 9.88 Å². The highest BCUT2D eigenvalue weighted by Crippen LogP contribution is 2.28. The maximum absolute atomic E-state index is 11.7. The summed E-state index contributed by atoms with van der Waals surface area (Å²) in [6.07, 6.45) is 1.82. The first kappa shape index (κ1) is 21.2. The summed E-state index contributed by atoms with van der Waals surface area (Å²) in [6.45, 7) is 4.00. The molecular formula is C28H27N3O2. The first-order chi connectivity index (χ1) is 16.2. The zero-order valence-corrected chi connectivity index (χ0v) is 18.7. The molecule has 33 heavy (non-hydrogen) atoms. The van der Waals surface area contributed by atoms with Gasteiger partial charge in [0.15, 0.2) is 0 Å². The Morgan fingerprint density at radius 1 is 1.03 bits per heavy atom. The summed E-state index contributed by atoms with van der Waals surface area (Å²) in [7, 11) is 0. The highest BCUT2D eigenvalue weighted by Gasteiger charge is 2.25. The fourth-order valence-electron chi connectivity index (χ4n) is 4.49. The van der Waals surface area contributed by atoms with Gasteiger partial charge < -0.3 is 14.8 Å². The molecule has 0 bridgehead atoms. The van der Waals surface area contributed by atoms with Gasteiger partial charge in [0.1, 0.15) is 18.6 Å². The molecule has 0 radical (unpaired) electrons. The molecule has 0 aliphatic carbocycles. The molecule has 5 nitrogen and oxygen atoms in total. The molecule has 1 aliphatic rings. The van der Waals surface area contributed by atoms with Gasteiger partial charge in [-0.1, -0.05) is 48.5 Å². The molecule has 166 valence electrons.